The summed E-state index contributed by atoms with van der Waals surface area (Å²) in [7, 11) is 3.36. The third-order valence-corrected chi connectivity index (χ3v) is 5.60. The summed E-state index contributed by atoms with van der Waals surface area (Å²) in [6, 6.07) is 8.79. The van der Waals surface area contributed by atoms with Crippen LogP contribution in [0.1, 0.15) is 32.3 Å². The Kier molecular flexibility index (Phi) is 5.64. The van der Waals surface area contributed by atoms with E-state index in [1.54, 1.807) is 14.2 Å². The number of hydrogen-bond donors (Lipinski definition) is 0. The zero-order chi connectivity index (χ0) is 18.0. The molecule has 138 valence electrons. The fourth-order valence-electron chi connectivity index (χ4n) is 4.30. The van der Waals surface area contributed by atoms with Gasteiger partial charge in [-0.15, -0.1) is 0 Å². The maximum absolute atomic E-state index is 12.2. The van der Waals surface area contributed by atoms with Crippen LogP contribution in [0, 0.1) is 5.92 Å². The number of benzene rings is 1. The van der Waals surface area contributed by atoms with Crippen LogP contribution in [0.5, 0.6) is 5.75 Å². The zero-order valence-electron chi connectivity index (χ0n) is 15.8. The van der Waals surface area contributed by atoms with Crippen molar-refractivity contribution in [3.63, 3.8) is 0 Å². The molecule has 0 radical (unpaired) electrons. The Morgan fingerprint density at radius 3 is 2.52 bits per heavy atom. The summed E-state index contributed by atoms with van der Waals surface area (Å²) in [4.78, 5) is 16.7. The van der Waals surface area contributed by atoms with E-state index in [9.17, 15) is 4.79 Å². The van der Waals surface area contributed by atoms with Crippen LogP contribution < -0.4 is 4.74 Å². The summed E-state index contributed by atoms with van der Waals surface area (Å²) >= 11 is 0. The third-order valence-electron chi connectivity index (χ3n) is 5.60. The quantitative estimate of drug-likeness (QED) is 0.743. The minimum absolute atomic E-state index is 0.154. The Hall–Kier alpha value is -1.59. The molecule has 2 aliphatic heterocycles. The van der Waals surface area contributed by atoms with Crippen molar-refractivity contribution in [3.8, 4) is 5.75 Å². The first-order chi connectivity index (χ1) is 12.0. The van der Waals surface area contributed by atoms with E-state index < -0.39 is 0 Å². The van der Waals surface area contributed by atoms with Crippen LogP contribution in [-0.4, -0.2) is 61.2 Å². The lowest BCUT2D eigenvalue weighted by atomic mass is 9.79. The van der Waals surface area contributed by atoms with E-state index in [0.29, 0.717) is 5.92 Å². The van der Waals surface area contributed by atoms with Gasteiger partial charge in [0, 0.05) is 19.7 Å². The second-order valence-electron chi connectivity index (χ2n) is 7.45. The normalized spacial score (nSPS) is 25.3. The molecule has 0 spiro atoms. The van der Waals surface area contributed by atoms with Crippen LogP contribution in [0.15, 0.2) is 24.3 Å². The first kappa shape index (κ1) is 18.2. The van der Waals surface area contributed by atoms with Gasteiger partial charge >= 0.3 is 0 Å². The van der Waals surface area contributed by atoms with Gasteiger partial charge in [-0.25, -0.2) is 0 Å². The molecule has 0 unspecified atom stereocenters. The van der Waals surface area contributed by atoms with E-state index in [1.807, 2.05) is 17.0 Å². The average molecular weight is 346 g/mol. The highest BCUT2D eigenvalue weighted by Gasteiger charge is 2.52. The third kappa shape index (κ3) is 3.67. The van der Waals surface area contributed by atoms with Crippen molar-refractivity contribution in [1.29, 1.82) is 0 Å². The molecule has 2 heterocycles. The summed E-state index contributed by atoms with van der Waals surface area (Å²) in [6.07, 6.45) is 1.99. The molecule has 0 aromatic heterocycles. The van der Waals surface area contributed by atoms with Crippen molar-refractivity contribution in [2.75, 3.05) is 27.3 Å². The van der Waals surface area contributed by atoms with Gasteiger partial charge in [0.2, 0.25) is 0 Å². The molecular formula is C20H30N2O3. The summed E-state index contributed by atoms with van der Waals surface area (Å²) in [5.41, 5.74) is 1.29. The zero-order valence-corrected chi connectivity index (χ0v) is 15.8. The predicted molar refractivity (Wildman–Crippen MR) is 97.6 cm³/mol. The van der Waals surface area contributed by atoms with Crippen molar-refractivity contribution >= 4 is 5.91 Å². The molecule has 0 aliphatic carbocycles. The molecule has 1 aromatic rings. The second kappa shape index (κ2) is 7.75. The fourth-order valence-corrected chi connectivity index (χ4v) is 4.30. The van der Waals surface area contributed by atoms with Crippen LogP contribution in [-0.2, 0) is 16.1 Å². The highest BCUT2D eigenvalue weighted by atomic mass is 16.5. The largest absolute Gasteiger partial charge is 0.497 e. The van der Waals surface area contributed by atoms with E-state index in [-0.39, 0.29) is 24.1 Å². The van der Waals surface area contributed by atoms with Crippen LogP contribution in [0.2, 0.25) is 0 Å². The summed E-state index contributed by atoms with van der Waals surface area (Å²) in [6.45, 7) is 7.27. The second-order valence-corrected chi connectivity index (χ2v) is 7.45. The highest BCUT2D eigenvalue weighted by Crippen LogP contribution is 2.36. The van der Waals surface area contributed by atoms with E-state index in [1.165, 1.54) is 5.56 Å². The summed E-state index contributed by atoms with van der Waals surface area (Å²) < 4.78 is 10.8. The van der Waals surface area contributed by atoms with Gasteiger partial charge in [0.15, 0.2) is 6.10 Å². The number of carbonyl (C=O) groups excluding carboxylic acids is 1. The lowest BCUT2D eigenvalue weighted by Gasteiger charge is -2.53. The van der Waals surface area contributed by atoms with Gasteiger partial charge in [0.05, 0.1) is 13.2 Å². The minimum Gasteiger partial charge on any atom is -0.497 e. The smallest absolute Gasteiger partial charge is 0.254 e. The van der Waals surface area contributed by atoms with Crippen molar-refractivity contribution in [1.82, 2.24) is 9.80 Å². The lowest BCUT2D eigenvalue weighted by Crippen LogP contribution is -2.70. The Morgan fingerprint density at radius 2 is 1.92 bits per heavy atom. The maximum Gasteiger partial charge on any atom is 0.254 e. The number of β-lactam (4-membered cyclic amide) rings is 1. The Morgan fingerprint density at radius 1 is 1.20 bits per heavy atom. The van der Waals surface area contributed by atoms with E-state index in [2.05, 4.69) is 30.9 Å². The molecule has 5 nitrogen and oxygen atoms in total. The average Bonchev–Trinajstić information content (AvgIpc) is 2.60. The van der Waals surface area contributed by atoms with E-state index in [4.69, 9.17) is 9.47 Å². The number of methoxy groups -OCH3 is 2. The minimum atomic E-state index is -0.239. The monoisotopic (exact) mass is 346 g/mol. The molecule has 0 saturated carbocycles. The number of rotatable bonds is 6. The van der Waals surface area contributed by atoms with Gasteiger partial charge < -0.3 is 14.4 Å². The Bertz CT molecular complexity index is 596. The van der Waals surface area contributed by atoms with Gasteiger partial charge in [-0.2, -0.15) is 0 Å². The SMILES string of the molecule is COc1cccc(CN2CCC([C@H]3[C@@H](OC)C(=O)N3C(C)C)CC2)c1. The first-order valence-electron chi connectivity index (χ1n) is 9.25. The molecule has 0 N–H and O–H groups in total. The molecule has 2 saturated heterocycles. The van der Waals surface area contributed by atoms with Gasteiger partial charge in [-0.1, -0.05) is 12.1 Å². The highest BCUT2D eigenvalue weighted by molar-refractivity contribution is 5.88. The van der Waals surface area contributed by atoms with Crippen LogP contribution >= 0.6 is 0 Å². The van der Waals surface area contributed by atoms with Crippen LogP contribution in [0.25, 0.3) is 0 Å². The number of ether oxygens (including phenoxy) is 2. The fraction of sp³-hybridized carbons (Fsp3) is 0.650. The number of nitrogens with zero attached hydrogens (tertiary/aromatic N) is 2. The maximum atomic E-state index is 12.2. The van der Waals surface area contributed by atoms with Crippen LogP contribution in [0.3, 0.4) is 0 Å². The number of hydrogen-bond acceptors (Lipinski definition) is 4. The van der Waals surface area contributed by atoms with E-state index >= 15 is 0 Å². The molecule has 2 fully saturated rings. The van der Waals surface area contributed by atoms with Crippen molar-refractivity contribution in [2.24, 2.45) is 5.92 Å². The number of piperidine rings is 1. The summed E-state index contributed by atoms with van der Waals surface area (Å²) in [5, 5.41) is 0. The van der Waals surface area contributed by atoms with Crippen molar-refractivity contribution in [3.05, 3.63) is 29.8 Å². The Balaban J connectivity index is 1.57. The van der Waals surface area contributed by atoms with Crippen molar-refractivity contribution in [2.45, 2.75) is 51.4 Å². The molecule has 0 bridgehead atoms. The molecule has 3 rings (SSSR count). The first-order valence-corrected chi connectivity index (χ1v) is 9.25. The molecule has 1 aromatic carbocycles. The number of carbonyl (C=O) groups is 1. The standard InChI is InChI=1S/C20H30N2O3/c1-14(2)22-18(19(25-4)20(22)23)16-8-10-21(11-9-16)13-15-6-5-7-17(12-15)24-3/h5-7,12,14,16,18-19H,8-11,13H2,1-4H3/t18-,19+/m0/s1. The lowest BCUT2D eigenvalue weighted by molar-refractivity contribution is -0.181. The van der Waals surface area contributed by atoms with Gasteiger partial charge in [0.1, 0.15) is 5.75 Å². The number of likely N-dealkylation sites (tertiary alicyclic amines) is 2. The van der Waals surface area contributed by atoms with Crippen LogP contribution in [0.4, 0.5) is 0 Å². The number of amides is 1. The Labute approximate surface area is 150 Å². The topological polar surface area (TPSA) is 42.0 Å². The molecule has 1 amide bonds. The van der Waals surface area contributed by atoms with Gasteiger partial charge in [0.25, 0.3) is 5.91 Å². The van der Waals surface area contributed by atoms with Gasteiger partial charge in [-0.3, -0.25) is 9.69 Å². The van der Waals surface area contributed by atoms with Crippen molar-refractivity contribution < 1.29 is 14.3 Å². The molecule has 2 aliphatic rings. The molecule has 5 heteroatoms. The molecular weight excluding hydrogens is 316 g/mol. The van der Waals surface area contributed by atoms with E-state index in [0.717, 1.165) is 38.2 Å². The summed E-state index contributed by atoms with van der Waals surface area (Å²) in [5.74, 6) is 1.60. The van der Waals surface area contributed by atoms with Gasteiger partial charge in [-0.05, 0) is 63.4 Å². The predicted octanol–water partition coefficient (Wildman–Crippen LogP) is 2.54. The molecule has 2 atom stereocenters. The molecule has 25 heavy (non-hydrogen) atoms.